The second-order valence-electron chi connectivity index (χ2n) is 8.83. The van der Waals surface area contributed by atoms with Crippen molar-refractivity contribution in [3.05, 3.63) is 34.5 Å². The Bertz CT molecular complexity index is 818. The zero-order valence-corrected chi connectivity index (χ0v) is 21.1. The Morgan fingerprint density at radius 3 is 2.45 bits per heavy atom. The van der Waals surface area contributed by atoms with Gasteiger partial charge >= 0.3 is 6.03 Å². The van der Waals surface area contributed by atoms with Crippen LogP contribution in [0.15, 0.2) is 27.3 Å². The van der Waals surface area contributed by atoms with E-state index in [4.69, 9.17) is 4.52 Å². The number of carbonyl (C=O) groups is 1. The zero-order valence-electron chi connectivity index (χ0n) is 19.5. The van der Waals surface area contributed by atoms with Crippen molar-refractivity contribution in [3.8, 4) is 0 Å². The molecule has 9 heteroatoms. The molecular formula is C22H35BBrN5O2. The standard InChI is InChI=1S/C22H35BBrN5O2/c1-5-13-28(14-6-2)21(30)29(19-16-17(24)11-12-25-19)15-9-7-8-10-18-26-20(31-27-18)22(3,4)23/h11-12,16H,5-10,13-15,23H2,1-4H3. The van der Waals surface area contributed by atoms with Crippen molar-refractivity contribution in [1.29, 1.82) is 0 Å². The Hall–Kier alpha value is -1.90. The molecule has 0 atom stereocenters. The minimum Gasteiger partial charge on any atom is -0.340 e. The number of carbonyl (C=O) groups excluding carboxylic acids is 1. The molecule has 31 heavy (non-hydrogen) atoms. The Morgan fingerprint density at radius 1 is 1.16 bits per heavy atom. The van der Waals surface area contributed by atoms with E-state index < -0.39 is 0 Å². The van der Waals surface area contributed by atoms with Gasteiger partial charge in [-0.2, -0.15) is 4.98 Å². The molecule has 0 aromatic carbocycles. The summed E-state index contributed by atoms with van der Waals surface area (Å²) in [4.78, 5) is 26.0. The van der Waals surface area contributed by atoms with Crippen molar-refractivity contribution in [2.45, 2.75) is 71.5 Å². The number of rotatable bonds is 12. The van der Waals surface area contributed by atoms with Gasteiger partial charge in [0.25, 0.3) is 0 Å². The van der Waals surface area contributed by atoms with Crippen LogP contribution >= 0.6 is 15.9 Å². The highest BCUT2D eigenvalue weighted by Gasteiger charge is 2.23. The van der Waals surface area contributed by atoms with Crippen LogP contribution in [0.4, 0.5) is 10.6 Å². The first-order valence-electron chi connectivity index (χ1n) is 11.3. The van der Waals surface area contributed by atoms with Crippen LogP contribution in [0.1, 0.15) is 71.5 Å². The summed E-state index contributed by atoms with van der Waals surface area (Å²) in [5, 5.41) is 3.96. The molecule has 2 heterocycles. The quantitative estimate of drug-likeness (QED) is 0.321. The molecule has 170 valence electrons. The van der Waals surface area contributed by atoms with E-state index >= 15 is 0 Å². The van der Waals surface area contributed by atoms with E-state index in [1.165, 1.54) is 0 Å². The van der Waals surface area contributed by atoms with E-state index in [-0.39, 0.29) is 11.3 Å². The van der Waals surface area contributed by atoms with Crippen LogP contribution in [0.5, 0.6) is 0 Å². The van der Waals surface area contributed by atoms with Crippen LogP contribution in [0.2, 0.25) is 0 Å². The molecule has 0 aliphatic heterocycles. The fraction of sp³-hybridized carbons (Fsp3) is 0.636. The van der Waals surface area contributed by atoms with Crippen molar-refractivity contribution in [1.82, 2.24) is 20.0 Å². The van der Waals surface area contributed by atoms with Gasteiger partial charge in [-0.05, 0) is 37.8 Å². The van der Waals surface area contributed by atoms with Crippen LogP contribution in [-0.2, 0) is 11.7 Å². The average Bonchev–Trinajstić information content (AvgIpc) is 3.19. The molecule has 0 saturated heterocycles. The summed E-state index contributed by atoms with van der Waals surface area (Å²) in [6.45, 7) is 10.5. The van der Waals surface area contributed by atoms with Crippen molar-refractivity contribution in [3.63, 3.8) is 0 Å². The Balaban J connectivity index is 1.96. The number of urea groups is 1. The lowest BCUT2D eigenvalue weighted by molar-refractivity contribution is 0.204. The molecule has 0 bridgehead atoms. The SMILES string of the molecule is BC(C)(C)c1nc(CCCCCN(C(=O)N(CCC)CCC)c2cc(Br)ccn2)no1. The number of unbranched alkanes of at least 4 members (excludes halogenated alkanes) is 2. The van der Waals surface area contributed by atoms with Crippen molar-refractivity contribution in [2.24, 2.45) is 0 Å². The van der Waals surface area contributed by atoms with Gasteiger partial charge in [-0.15, -0.1) is 0 Å². The van der Waals surface area contributed by atoms with Crippen LogP contribution < -0.4 is 4.90 Å². The highest BCUT2D eigenvalue weighted by molar-refractivity contribution is 9.10. The lowest BCUT2D eigenvalue weighted by atomic mass is 9.72. The number of halogens is 1. The van der Waals surface area contributed by atoms with Gasteiger partial charge in [0.15, 0.2) is 5.82 Å². The summed E-state index contributed by atoms with van der Waals surface area (Å²) in [5.74, 6) is 2.11. The number of hydrogen-bond acceptors (Lipinski definition) is 5. The van der Waals surface area contributed by atoms with Gasteiger partial charge in [0.1, 0.15) is 13.7 Å². The Kier molecular flexibility index (Phi) is 10.00. The molecule has 7 nitrogen and oxygen atoms in total. The molecule has 0 aliphatic rings. The highest BCUT2D eigenvalue weighted by Crippen LogP contribution is 2.20. The molecule has 0 spiro atoms. The Morgan fingerprint density at radius 2 is 1.87 bits per heavy atom. The second kappa shape index (κ2) is 12.2. The van der Waals surface area contributed by atoms with Crippen molar-refractivity contribution >= 4 is 35.6 Å². The van der Waals surface area contributed by atoms with E-state index in [0.717, 1.165) is 61.9 Å². The predicted octanol–water partition coefficient (Wildman–Crippen LogP) is 4.56. The maximum atomic E-state index is 13.3. The lowest BCUT2D eigenvalue weighted by Gasteiger charge is -2.30. The molecule has 0 N–H and O–H groups in total. The van der Waals surface area contributed by atoms with Crippen LogP contribution in [0.25, 0.3) is 0 Å². The molecule has 0 radical (unpaired) electrons. The lowest BCUT2D eigenvalue weighted by Crippen LogP contribution is -2.45. The summed E-state index contributed by atoms with van der Waals surface area (Å²) >= 11 is 3.50. The minimum atomic E-state index is -0.133. The van der Waals surface area contributed by atoms with E-state index in [1.807, 2.05) is 21.9 Å². The van der Waals surface area contributed by atoms with Crippen LogP contribution in [0.3, 0.4) is 0 Å². The first-order chi connectivity index (χ1) is 14.8. The smallest absolute Gasteiger partial charge is 0.325 e. The predicted molar refractivity (Wildman–Crippen MR) is 130 cm³/mol. The maximum absolute atomic E-state index is 13.3. The largest absolute Gasteiger partial charge is 0.340 e. The third kappa shape index (κ3) is 7.94. The summed E-state index contributed by atoms with van der Waals surface area (Å²) in [6, 6.07) is 3.81. The average molecular weight is 492 g/mol. The number of aromatic nitrogens is 3. The van der Waals surface area contributed by atoms with Crippen molar-refractivity contribution in [2.75, 3.05) is 24.5 Å². The molecule has 0 unspecified atom stereocenters. The molecule has 2 aromatic heterocycles. The third-order valence-corrected chi connectivity index (χ3v) is 5.36. The van der Waals surface area contributed by atoms with E-state index in [9.17, 15) is 4.79 Å². The first kappa shape index (κ1) is 25.4. The summed E-state index contributed by atoms with van der Waals surface area (Å²) < 4.78 is 6.28. The van der Waals surface area contributed by atoms with Gasteiger partial charge in [0, 0.05) is 42.0 Å². The van der Waals surface area contributed by atoms with Gasteiger partial charge in [0.05, 0.1) is 0 Å². The monoisotopic (exact) mass is 491 g/mol. The normalized spacial score (nSPS) is 11.5. The molecule has 0 fully saturated rings. The molecule has 0 aliphatic carbocycles. The summed E-state index contributed by atoms with van der Waals surface area (Å²) in [7, 11) is 2.06. The maximum Gasteiger partial charge on any atom is 0.325 e. The van der Waals surface area contributed by atoms with Gasteiger partial charge in [0.2, 0.25) is 5.89 Å². The minimum absolute atomic E-state index is 0.0299. The van der Waals surface area contributed by atoms with Gasteiger partial charge < -0.3 is 9.42 Å². The van der Waals surface area contributed by atoms with E-state index in [2.05, 4.69) is 66.6 Å². The number of amides is 2. The molecular weight excluding hydrogens is 457 g/mol. The summed E-state index contributed by atoms with van der Waals surface area (Å²) in [6.07, 6.45) is 7.19. The Labute approximate surface area is 195 Å². The third-order valence-electron chi connectivity index (χ3n) is 4.86. The highest BCUT2D eigenvalue weighted by atomic mass is 79.9. The number of anilines is 1. The topological polar surface area (TPSA) is 75.4 Å². The van der Waals surface area contributed by atoms with Crippen molar-refractivity contribution < 1.29 is 9.32 Å². The van der Waals surface area contributed by atoms with Crippen LogP contribution in [-0.4, -0.2) is 53.5 Å². The molecule has 2 amide bonds. The summed E-state index contributed by atoms with van der Waals surface area (Å²) in [5.41, 5.74) is 0. The number of pyridine rings is 1. The van der Waals surface area contributed by atoms with Gasteiger partial charge in [-0.3, -0.25) is 4.90 Å². The van der Waals surface area contributed by atoms with Gasteiger partial charge in [-0.1, -0.05) is 55.2 Å². The number of hydrogen-bond donors (Lipinski definition) is 0. The first-order valence-corrected chi connectivity index (χ1v) is 12.1. The fourth-order valence-electron chi connectivity index (χ4n) is 3.25. The van der Waals surface area contributed by atoms with Gasteiger partial charge in [-0.25, -0.2) is 9.78 Å². The molecule has 2 rings (SSSR count). The molecule has 2 aromatic rings. The van der Waals surface area contributed by atoms with E-state index in [1.54, 1.807) is 6.20 Å². The number of aryl methyl sites for hydroxylation is 1. The van der Waals surface area contributed by atoms with Crippen LogP contribution in [0, 0.1) is 0 Å². The fourth-order valence-corrected chi connectivity index (χ4v) is 3.58. The van der Waals surface area contributed by atoms with E-state index in [0.29, 0.717) is 18.3 Å². The molecule has 0 saturated carbocycles. The zero-order chi connectivity index (χ0) is 22.9. The number of nitrogens with zero attached hydrogens (tertiary/aromatic N) is 5. The second-order valence-corrected chi connectivity index (χ2v) is 9.75.